The Bertz CT molecular complexity index is 1270. The molecule has 0 aliphatic heterocycles. The molecule has 0 radical (unpaired) electrons. The second kappa shape index (κ2) is 6.06. The fourth-order valence-corrected chi connectivity index (χ4v) is 2.98. The SMILES string of the molecule is Cn1ncc2c1ncn1nc(-c3ccn(COc4cccc(Cl)c4)n3)nc21. The number of ether oxygens (including phenoxy) is 1. The van der Waals surface area contributed by atoms with E-state index in [1.54, 1.807) is 38.5 Å². The first kappa shape index (κ1) is 15.8. The lowest BCUT2D eigenvalue weighted by molar-refractivity contribution is 0.221. The Morgan fingerprint density at radius 3 is 2.96 bits per heavy atom. The zero-order chi connectivity index (χ0) is 18.4. The Morgan fingerprint density at radius 1 is 1.15 bits per heavy atom. The molecule has 5 rings (SSSR count). The van der Waals surface area contributed by atoms with E-state index in [0.717, 1.165) is 11.0 Å². The molecule has 0 amide bonds. The summed E-state index contributed by atoms with van der Waals surface area (Å²) in [4.78, 5) is 8.95. The lowest BCUT2D eigenvalue weighted by atomic mass is 10.3. The minimum Gasteiger partial charge on any atom is -0.471 e. The number of hydrogen-bond donors (Lipinski definition) is 0. The van der Waals surface area contributed by atoms with Crippen molar-refractivity contribution in [3.05, 3.63) is 54.1 Å². The zero-order valence-electron chi connectivity index (χ0n) is 14.2. The van der Waals surface area contributed by atoms with Gasteiger partial charge >= 0.3 is 0 Å². The van der Waals surface area contributed by atoms with E-state index in [0.29, 0.717) is 27.9 Å². The highest BCUT2D eigenvalue weighted by Crippen LogP contribution is 2.20. The Labute approximate surface area is 157 Å². The summed E-state index contributed by atoms with van der Waals surface area (Å²) in [5.74, 6) is 1.19. The van der Waals surface area contributed by atoms with Gasteiger partial charge in [-0.15, -0.1) is 5.10 Å². The average molecular weight is 381 g/mol. The molecule has 4 aromatic heterocycles. The molecule has 9 nitrogen and oxygen atoms in total. The number of aryl methyl sites for hydroxylation is 1. The molecule has 1 aromatic carbocycles. The second-order valence-corrected chi connectivity index (χ2v) is 6.36. The van der Waals surface area contributed by atoms with Crippen molar-refractivity contribution in [3.63, 3.8) is 0 Å². The fourth-order valence-electron chi connectivity index (χ4n) is 2.80. The Balaban J connectivity index is 1.43. The van der Waals surface area contributed by atoms with E-state index in [2.05, 4.69) is 25.3 Å². The van der Waals surface area contributed by atoms with Crippen LogP contribution in [0.2, 0.25) is 5.02 Å². The molecule has 10 heteroatoms. The third kappa shape index (κ3) is 2.77. The van der Waals surface area contributed by atoms with Crippen molar-refractivity contribution in [1.82, 2.24) is 39.1 Å². The summed E-state index contributed by atoms with van der Waals surface area (Å²) >= 11 is 5.96. The second-order valence-electron chi connectivity index (χ2n) is 5.92. The molecule has 0 unspecified atom stereocenters. The third-order valence-electron chi connectivity index (χ3n) is 4.10. The van der Waals surface area contributed by atoms with E-state index in [9.17, 15) is 0 Å². The zero-order valence-corrected chi connectivity index (χ0v) is 14.9. The summed E-state index contributed by atoms with van der Waals surface area (Å²) < 4.78 is 10.7. The first-order valence-corrected chi connectivity index (χ1v) is 8.50. The molecule has 0 aliphatic rings. The van der Waals surface area contributed by atoms with E-state index >= 15 is 0 Å². The molecule has 0 saturated carbocycles. The highest BCUT2D eigenvalue weighted by atomic mass is 35.5. The Hall–Kier alpha value is -3.46. The van der Waals surface area contributed by atoms with Crippen LogP contribution in [-0.4, -0.2) is 39.1 Å². The van der Waals surface area contributed by atoms with Crippen LogP contribution in [-0.2, 0) is 13.8 Å². The summed E-state index contributed by atoms with van der Waals surface area (Å²) in [5.41, 5.74) is 2.08. The van der Waals surface area contributed by atoms with Gasteiger partial charge in [-0.25, -0.2) is 19.2 Å². The van der Waals surface area contributed by atoms with Crippen molar-refractivity contribution >= 4 is 28.3 Å². The lowest BCUT2D eigenvalue weighted by Gasteiger charge is -2.05. The number of rotatable bonds is 4. The van der Waals surface area contributed by atoms with Gasteiger partial charge in [0.05, 0.1) is 11.6 Å². The largest absolute Gasteiger partial charge is 0.471 e. The average Bonchev–Trinajstić information content (AvgIpc) is 3.37. The van der Waals surface area contributed by atoms with Gasteiger partial charge in [0.25, 0.3) is 0 Å². The van der Waals surface area contributed by atoms with Gasteiger partial charge in [-0.1, -0.05) is 17.7 Å². The van der Waals surface area contributed by atoms with Crippen molar-refractivity contribution < 1.29 is 4.74 Å². The molecule has 0 N–H and O–H groups in total. The van der Waals surface area contributed by atoms with Gasteiger partial charge in [0.2, 0.25) is 5.82 Å². The van der Waals surface area contributed by atoms with Crippen LogP contribution in [0.4, 0.5) is 0 Å². The van der Waals surface area contributed by atoms with E-state index in [1.807, 2.05) is 31.4 Å². The van der Waals surface area contributed by atoms with E-state index in [1.165, 1.54) is 0 Å². The van der Waals surface area contributed by atoms with Crippen molar-refractivity contribution in [1.29, 1.82) is 0 Å². The number of benzene rings is 1. The maximum Gasteiger partial charge on any atom is 0.202 e. The van der Waals surface area contributed by atoms with Crippen LogP contribution in [0.1, 0.15) is 0 Å². The topological polar surface area (TPSA) is 88.0 Å². The molecule has 4 heterocycles. The van der Waals surface area contributed by atoms with Gasteiger partial charge in [0.1, 0.15) is 17.8 Å². The van der Waals surface area contributed by atoms with Crippen molar-refractivity contribution in [3.8, 4) is 17.3 Å². The summed E-state index contributed by atoms with van der Waals surface area (Å²) in [5, 5.41) is 14.6. The van der Waals surface area contributed by atoms with Gasteiger partial charge < -0.3 is 4.74 Å². The Morgan fingerprint density at radius 2 is 2.07 bits per heavy atom. The molecule has 0 aliphatic carbocycles. The standard InChI is InChI=1S/C17H13ClN8O/c1-24-16-13(8-20-24)17-21-15(23-26(17)9-19-16)14-5-6-25(22-14)10-27-12-4-2-3-11(18)7-12/h2-9H,10H2,1H3. The number of fused-ring (bicyclic) bond motifs is 3. The van der Waals surface area contributed by atoms with Gasteiger partial charge in [0.15, 0.2) is 18.0 Å². The number of nitrogens with zero attached hydrogens (tertiary/aromatic N) is 8. The minimum atomic E-state index is 0.252. The van der Waals surface area contributed by atoms with Gasteiger partial charge in [-0.3, -0.25) is 4.68 Å². The van der Waals surface area contributed by atoms with Crippen LogP contribution in [0.25, 0.3) is 28.2 Å². The molecule has 0 bridgehead atoms. The molecule has 0 atom stereocenters. The van der Waals surface area contributed by atoms with Crippen LogP contribution >= 0.6 is 11.6 Å². The third-order valence-corrected chi connectivity index (χ3v) is 4.33. The van der Waals surface area contributed by atoms with Gasteiger partial charge in [-0.2, -0.15) is 10.2 Å². The predicted molar refractivity (Wildman–Crippen MR) is 98.4 cm³/mol. The molecule has 0 saturated heterocycles. The number of aromatic nitrogens is 8. The van der Waals surface area contributed by atoms with Crippen molar-refractivity contribution in [2.45, 2.75) is 6.73 Å². The first-order chi connectivity index (χ1) is 13.2. The Kier molecular flexibility index (Phi) is 3.54. The molecule has 0 spiro atoms. The van der Waals surface area contributed by atoms with Crippen molar-refractivity contribution in [2.24, 2.45) is 7.05 Å². The molecule has 5 aromatic rings. The van der Waals surface area contributed by atoms with Crippen molar-refractivity contribution in [2.75, 3.05) is 0 Å². The fraction of sp³-hybridized carbons (Fsp3) is 0.118. The highest BCUT2D eigenvalue weighted by Gasteiger charge is 2.14. The highest BCUT2D eigenvalue weighted by molar-refractivity contribution is 6.30. The van der Waals surface area contributed by atoms with Crippen LogP contribution < -0.4 is 4.74 Å². The predicted octanol–water partition coefficient (Wildman–Crippen LogP) is 2.56. The minimum absolute atomic E-state index is 0.252. The van der Waals surface area contributed by atoms with Crippen LogP contribution in [0.5, 0.6) is 5.75 Å². The smallest absolute Gasteiger partial charge is 0.202 e. The molecule has 27 heavy (non-hydrogen) atoms. The normalized spacial score (nSPS) is 11.5. The first-order valence-electron chi connectivity index (χ1n) is 8.13. The van der Waals surface area contributed by atoms with Crippen LogP contribution in [0.15, 0.2) is 49.1 Å². The summed E-state index contributed by atoms with van der Waals surface area (Å²) in [6, 6.07) is 9.06. The quantitative estimate of drug-likeness (QED) is 0.476. The number of hydrogen-bond acceptors (Lipinski definition) is 6. The maximum absolute atomic E-state index is 5.96. The molecule has 134 valence electrons. The van der Waals surface area contributed by atoms with E-state index in [4.69, 9.17) is 16.3 Å². The summed E-state index contributed by atoms with van der Waals surface area (Å²) in [7, 11) is 1.84. The van der Waals surface area contributed by atoms with Crippen LogP contribution in [0, 0.1) is 0 Å². The lowest BCUT2D eigenvalue weighted by Crippen LogP contribution is -2.05. The number of halogens is 1. The molecule has 0 fully saturated rings. The molecular weight excluding hydrogens is 368 g/mol. The summed E-state index contributed by atoms with van der Waals surface area (Å²) in [6.07, 6.45) is 5.16. The van der Waals surface area contributed by atoms with Gasteiger partial charge in [0, 0.05) is 18.3 Å². The molecular formula is C17H13ClN8O. The van der Waals surface area contributed by atoms with E-state index in [-0.39, 0.29) is 6.73 Å². The van der Waals surface area contributed by atoms with E-state index < -0.39 is 0 Å². The van der Waals surface area contributed by atoms with Crippen LogP contribution in [0.3, 0.4) is 0 Å². The summed E-state index contributed by atoms with van der Waals surface area (Å²) in [6.45, 7) is 0.252. The van der Waals surface area contributed by atoms with Gasteiger partial charge in [-0.05, 0) is 24.3 Å². The maximum atomic E-state index is 5.96. The monoisotopic (exact) mass is 380 g/mol.